The van der Waals surface area contributed by atoms with Gasteiger partial charge in [0.25, 0.3) is 0 Å². The van der Waals surface area contributed by atoms with Crippen LogP contribution in [0.3, 0.4) is 0 Å². The minimum atomic E-state index is -1.31. The van der Waals surface area contributed by atoms with E-state index in [1.54, 1.807) is 26.8 Å². The fraction of sp³-hybridized carbons (Fsp3) is 0.585. The number of hydrogen-bond acceptors (Lipinski definition) is 10. The number of carbonyl (C=O) groups excluding carboxylic acids is 4. The first-order chi connectivity index (χ1) is 37.0. The van der Waals surface area contributed by atoms with E-state index in [-0.39, 0.29) is 117 Å². The van der Waals surface area contributed by atoms with Crippen LogP contribution in [-0.4, -0.2) is 75.0 Å². The molecule has 5 unspecified atom stereocenters. The zero-order valence-corrected chi connectivity index (χ0v) is 55.0. The van der Waals surface area contributed by atoms with E-state index in [1.807, 2.05) is 60.7 Å². The van der Waals surface area contributed by atoms with Crippen molar-refractivity contribution in [3.63, 3.8) is 0 Å². The number of carboxylic acids is 2. The monoisotopic (exact) mass is 1180 g/mol. The molecule has 0 radical (unpaired) electrons. The third-order valence-corrected chi connectivity index (χ3v) is 17.6. The Kier molecular flexibility index (Phi) is 21.4. The van der Waals surface area contributed by atoms with Crippen molar-refractivity contribution < 1.29 is 67.9 Å². The third-order valence-electron chi connectivity index (χ3n) is 16.4. The molecular weight excluding hydrogens is 1090 g/mol. The Balaban J connectivity index is 0.0000120. The summed E-state index contributed by atoms with van der Waals surface area (Å²) in [6.45, 7) is 35.9. The van der Waals surface area contributed by atoms with Gasteiger partial charge < -0.3 is 35.3 Å². The minimum Gasteiger partial charge on any atom is -0.481 e. The average Bonchev–Trinajstić information content (AvgIpc) is 4.17. The van der Waals surface area contributed by atoms with E-state index in [9.17, 15) is 29.4 Å². The number of nitrogens with zero attached hydrogens (tertiary/aromatic N) is 2. The number of benzene rings is 2. The molecule has 1 aromatic heterocycles. The van der Waals surface area contributed by atoms with E-state index >= 15 is 9.59 Å². The number of carbonyl (C=O) groups is 6. The zero-order chi connectivity index (χ0) is 59.6. The molecule has 3 aromatic rings. The number of ether oxygens (including phenoxy) is 2. The molecule has 6 rings (SSSR count). The summed E-state index contributed by atoms with van der Waals surface area (Å²) in [5, 5.41) is 23.7. The van der Waals surface area contributed by atoms with Crippen molar-refractivity contribution in [1.29, 1.82) is 0 Å². The van der Waals surface area contributed by atoms with Crippen LogP contribution in [0.4, 0.5) is 5.82 Å². The van der Waals surface area contributed by atoms with E-state index in [4.69, 9.17) is 19.5 Å². The van der Waals surface area contributed by atoms with Crippen molar-refractivity contribution in [2.75, 3.05) is 11.1 Å². The van der Waals surface area contributed by atoms with Crippen molar-refractivity contribution in [1.82, 2.24) is 10.3 Å². The van der Waals surface area contributed by atoms with Crippen molar-refractivity contribution in [2.45, 2.75) is 174 Å². The number of amides is 2. The maximum Gasteiger partial charge on any atom is 0.342 e. The number of allylic oxidation sites excluding steroid dienone is 1. The number of aromatic nitrogens is 1. The summed E-state index contributed by atoms with van der Waals surface area (Å²) in [4.78, 5) is 93.3. The number of nitrogens with one attached hydrogen (secondary N) is 2. The smallest absolute Gasteiger partial charge is 0.342 e. The molecule has 2 heterocycles. The molecule has 0 spiro atoms. The van der Waals surface area contributed by atoms with Crippen molar-refractivity contribution in [3.05, 3.63) is 88.8 Å². The molecule has 14 nitrogen and oxygen atoms in total. The fourth-order valence-electron chi connectivity index (χ4n) is 11.9. The van der Waals surface area contributed by atoms with Crippen LogP contribution in [0.5, 0.6) is 0 Å². The molecular formula is C65H89N4O10SZn-. The second-order valence-electron chi connectivity index (χ2n) is 28.1. The fourth-order valence-corrected chi connectivity index (χ4v) is 12.9. The summed E-state index contributed by atoms with van der Waals surface area (Å²) >= 11 is 0.831. The molecule has 3 aliphatic rings. The molecule has 2 aliphatic carbocycles. The molecule has 81 heavy (non-hydrogen) atoms. The summed E-state index contributed by atoms with van der Waals surface area (Å²) in [6, 6.07) is 18.4. The van der Waals surface area contributed by atoms with E-state index in [1.165, 1.54) is 0 Å². The topological polar surface area (TPSA) is 212 Å². The van der Waals surface area contributed by atoms with Gasteiger partial charge in [0.05, 0.1) is 17.7 Å². The Bertz CT molecular complexity index is 2830. The molecule has 5 atom stereocenters. The Labute approximate surface area is 498 Å². The second-order valence-corrected chi connectivity index (χ2v) is 29.5. The normalized spacial score (nSPS) is 23.7. The SMILES string of the molecule is CC1CC(C(C)(C)C)C(OC(=O)C2=C(c3ccccc3)/C(=C/c3[n-]c(NC(=O)C(C)(C)C)c(C(=O)OC4C(C(C)(C)C)CC(C)CC4C(C)(C)C)c3-c3ccccc3)N=C2NC(=O)CCSC(CC(=O)O)C(=O)O)C(C(C)(C)C)C1.[Zn]. The van der Waals surface area contributed by atoms with Gasteiger partial charge >= 0.3 is 23.9 Å². The molecule has 438 valence electrons. The number of aliphatic imine (C=N–C) groups is 1. The van der Waals surface area contributed by atoms with E-state index < -0.39 is 59.1 Å². The van der Waals surface area contributed by atoms with Crippen molar-refractivity contribution >= 4 is 70.8 Å². The maximum absolute atomic E-state index is 15.7. The number of anilines is 1. The van der Waals surface area contributed by atoms with Gasteiger partial charge in [0.2, 0.25) is 5.91 Å². The van der Waals surface area contributed by atoms with Crippen molar-refractivity contribution in [2.24, 2.45) is 67.6 Å². The van der Waals surface area contributed by atoms with E-state index in [0.29, 0.717) is 34.1 Å². The summed E-state index contributed by atoms with van der Waals surface area (Å²) in [6.07, 6.45) is 3.15. The standard InChI is InChI=1S/C65H90N4O10S.Zn/c1-36-30-40(61(3,4)5)53(41(31-36)62(6,7)8)78-58(75)51-49(38-24-20-18-21-25-38)44(66-55(51)68-47(70)28-29-80-46(57(73)74)35-48(71)72)34-45-50(39-26-22-19-23-27-39)52(56(67-45)69-60(77)65(15,16)17)59(76)79-54-42(63(9,10)11)32-37(2)33-43(54)64(12,13)14;/h18-27,34,36-37,40-43,46,53-54H,28-33,35H2,1-17H3,(H5,66,67,68,69,70,71,72,73,74,75,76,77);/p-1. The van der Waals surface area contributed by atoms with Crippen LogP contribution in [-0.2, 0) is 52.9 Å². The van der Waals surface area contributed by atoms with Gasteiger partial charge in [0.1, 0.15) is 34.8 Å². The first kappa shape index (κ1) is 66.5. The number of hydrogen-bond donors (Lipinski definition) is 4. The Hall–Kier alpha value is -5.34. The Morgan fingerprint density at radius 2 is 1.11 bits per heavy atom. The third kappa shape index (κ3) is 16.5. The maximum atomic E-state index is 15.7. The average molecular weight is 1180 g/mol. The van der Waals surface area contributed by atoms with Crippen LogP contribution in [0.1, 0.15) is 178 Å². The van der Waals surface area contributed by atoms with Crippen LogP contribution < -0.4 is 15.6 Å². The Morgan fingerprint density at radius 1 is 0.667 bits per heavy atom. The summed E-state index contributed by atoms with van der Waals surface area (Å²) in [5.74, 6) is -4.39. The number of amidine groups is 1. The van der Waals surface area contributed by atoms with Crippen LogP contribution in [0.15, 0.2) is 76.9 Å². The van der Waals surface area contributed by atoms with Gasteiger partial charge in [0.15, 0.2) is 0 Å². The molecule has 2 aromatic carbocycles. The number of carboxylic acid groups (broad SMARTS) is 2. The van der Waals surface area contributed by atoms with Crippen LogP contribution in [0, 0.1) is 62.6 Å². The molecule has 1 aliphatic heterocycles. The first-order valence-electron chi connectivity index (χ1n) is 28.4. The van der Waals surface area contributed by atoms with Crippen LogP contribution in [0.25, 0.3) is 22.8 Å². The number of esters is 2. The number of thioether (sulfide) groups is 1. The summed E-state index contributed by atoms with van der Waals surface area (Å²) < 4.78 is 13.8. The molecule has 2 saturated carbocycles. The van der Waals surface area contributed by atoms with Crippen LogP contribution in [0.2, 0.25) is 0 Å². The summed E-state index contributed by atoms with van der Waals surface area (Å²) in [5.41, 5.74) is 0.447. The van der Waals surface area contributed by atoms with Gasteiger partial charge in [0, 0.05) is 66.3 Å². The zero-order valence-electron chi connectivity index (χ0n) is 51.2. The predicted molar refractivity (Wildman–Crippen MR) is 319 cm³/mol. The predicted octanol–water partition coefficient (Wildman–Crippen LogP) is 13.6. The van der Waals surface area contributed by atoms with Gasteiger partial charge in [-0.25, -0.2) is 14.6 Å². The van der Waals surface area contributed by atoms with Crippen LogP contribution >= 0.6 is 11.8 Å². The van der Waals surface area contributed by atoms with Gasteiger partial charge in [-0.05, 0) is 93.5 Å². The number of aliphatic carboxylic acids is 2. The largest absolute Gasteiger partial charge is 0.481 e. The van der Waals surface area contributed by atoms with Crippen molar-refractivity contribution in [3.8, 4) is 11.1 Å². The molecule has 16 heteroatoms. The molecule has 2 amide bonds. The van der Waals surface area contributed by atoms with E-state index in [2.05, 4.69) is 108 Å². The van der Waals surface area contributed by atoms with Gasteiger partial charge in [-0.2, -0.15) is 0 Å². The quantitative estimate of drug-likeness (QED) is 0.0827. The first-order valence-corrected chi connectivity index (χ1v) is 29.5. The summed E-state index contributed by atoms with van der Waals surface area (Å²) in [7, 11) is 0. The second kappa shape index (κ2) is 26.1. The van der Waals surface area contributed by atoms with Gasteiger partial charge in [-0.1, -0.05) is 178 Å². The minimum absolute atomic E-state index is 0. The molecule has 0 bridgehead atoms. The van der Waals surface area contributed by atoms with Gasteiger partial charge in [-0.15, -0.1) is 11.8 Å². The Morgan fingerprint density at radius 3 is 1.53 bits per heavy atom. The molecule has 0 saturated heterocycles. The molecule has 2 fully saturated rings. The van der Waals surface area contributed by atoms with E-state index in [0.717, 1.165) is 37.4 Å². The molecule has 4 N–H and O–H groups in total. The number of rotatable bonds is 15. The van der Waals surface area contributed by atoms with Gasteiger partial charge in [-0.3, -0.25) is 19.2 Å².